The smallest absolute Gasteiger partial charge is 0.271 e. The van der Waals surface area contributed by atoms with Crippen LogP contribution in [-0.2, 0) is 6.54 Å². The number of rotatable bonds is 6. The van der Waals surface area contributed by atoms with Crippen molar-refractivity contribution in [3.05, 3.63) is 77.2 Å². The molecule has 3 rings (SSSR count). The number of benzene rings is 2. The minimum atomic E-state index is -0.294. The van der Waals surface area contributed by atoms with Crippen molar-refractivity contribution in [1.82, 2.24) is 15.3 Å². The molecule has 0 fully saturated rings. The van der Waals surface area contributed by atoms with E-state index in [2.05, 4.69) is 20.6 Å². The normalized spacial score (nSPS) is 10.2. The molecule has 2 N–H and O–H groups in total. The van der Waals surface area contributed by atoms with Crippen molar-refractivity contribution >= 4 is 29.0 Å². The summed E-state index contributed by atoms with van der Waals surface area (Å²) in [5, 5.41) is 6.44. The minimum Gasteiger partial charge on any atom is -0.497 e. The summed E-state index contributed by atoms with van der Waals surface area (Å²) in [4.78, 5) is 20.5. The fourth-order valence-electron chi connectivity index (χ4n) is 2.23. The highest BCUT2D eigenvalue weighted by atomic mass is 35.5. The molecule has 0 aliphatic rings. The van der Waals surface area contributed by atoms with E-state index in [-0.39, 0.29) is 11.6 Å². The summed E-state index contributed by atoms with van der Waals surface area (Å²) < 4.78 is 5.11. The standard InChI is InChI=1S/C19H17ClN4O2/c1-26-14-8-6-13(7-9-14)10-23-19(25)17-11-22-18(12-21-17)24-16-5-3-2-4-15(16)20/h2-9,11-12H,10H2,1H3,(H,22,24)(H,23,25). The zero-order chi connectivity index (χ0) is 18.4. The van der Waals surface area contributed by atoms with E-state index in [0.717, 1.165) is 17.0 Å². The zero-order valence-corrected chi connectivity index (χ0v) is 14.8. The monoisotopic (exact) mass is 368 g/mol. The van der Waals surface area contributed by atoms with Crippen molar-refractivity contribution in [3.8, 4) is 5.75 Å². The van der Waals surface area contributed by atoms with Crippen molar-refractivity contribution < 1.29 is 9.53 Å². The number of carbonyl (C=O) groups excluding carboxylic acids is 1. The summed E-state index contributed by atoms with van der Waals surface area (Å²) in [6, 6.07) is 14.8. The first kappa shape index (κ1) is 17.7. The van der Waals surface area contributed by atoms with E-state index in [4.69, 9.17) is 16.3 Å². The molecular formula is C19H17ClN4O2. The van der Waals surface area contributed by atoms with Gasteiger partial charge in [0.25, 0.3) is 5.91 Å². The number of nitrogens with one attached hydrogen (secondary N) is 2. The van der Waals surface area contributed by atoms with Gasteiger partial charge in [0, 0.05) is 6.54 Å². The van der Waals surface area contributed by atoms with Gasteiger partial charge in [0.15, 0.2) is 0 Å². The summed E-state index contributed by atoms with van der Waals surface area (Å²) in [6.45, 7) is 0.393. The van der Waals surface area contributed by atoms with Gasteiger partial charge in [-0.15, -0.1) is 0 Å². The van der Waals surface area contributed by atoms with Crippen LogP contribution >= 0.6 is 11.6 Å². The lowest BCUT2D eigenvalue weighted by molar-refractivity contribution is 0.0945. The van der Waals surface area contributed by atoms with E-state index in [1.165, 1.54) is 12.4 Å². The number of ether oxygens (including phenoxy) is 1. The first-order chi connectivity index (χ1) is 12.7. The molecule has 0 spiro atoms. The summed E-state index contributed by atoms with van der Waals surface area (Å²) in [5.74, 6) is 0.981. The first-order valence-corrected chi connectivity index (χ1v) is 8.28. The van der Waals surface area contributed by atoms with E-state index in [9.17, 15) is 4.79 Å². The van der Waals surface area contributed by atoms with Gasteiger partial charge in [0.05, 0.1) is 30.2 Å². The third kappa shape index (κ3) is 4.49. The molecule has 1 heterocycles. The number of hydrogen-bond acceptors (Lipinski definition) is 5. The summed E-state index contributed by atoms with van der Waals surface area (Å²) in [6.07, 6.45) is 2.91. The number of nitrogens with zero attached hydrogens (tertiary/aromatic N) is 2. The van der Waals surface area contributed by atoms with Gasteiger partial charge in [-0.25, -0.2) is 9.97 Å². The molecule has 0 unspecified atom stereocenters. The Morgan fingerprint density at radius 3 is 2.50 bits per heavy atom. The third-order valence-corrected chi connectivity index (χ3v) is 3.96. The van der Waals surface area contributed by atoms with Crippen LogP contribution in [0.2, 0.25) is 5.02 Å². The Balaban J connectivity index is 1.58. The number of para-hydroxylation sites is 1. The molecule has 0 radical (unpaired) electrons. The maximum atomic E-state index is 12.2. The number of aromatic nitrogens is 2. The van der Waals surface area contributed by atoms with Crippen molar-refractivity contribution in [2.45, 2.75) is 6.54 Å². The molecule has 0 saturated carbocycles. The maximum Gasteiger partial charge on any atom is 0.271 e. The lowest BCUT2D eigenvalue weighted by Crippen LogP contribution is -2.24. The van der Waals surface area contributed by atoms with Crippen LogP contribution in [0.5, 0.6) is 5.75 Å². The predicted molar refractivity (Wildman–Crippen MR) is 101 cm³/mol. The molecule has 0 bridgehead atoms. The second-order valence-electron chi connectivity index (χ2n) is 5.42. The molecule has 1 amide bonds. The fourth-order valence-corrected chi connectivity index (χ4v) is 2.41. The third-order valence-electron chi connectivity index (χ3n) is 3.63. The molecule has 3 aromatic rings. The first-order valence-electron chi connectivity index (χ1n) is 7.90. The summed E-state index contributed by atoms with van der Waals surface area (Å²) in [7, 11) is 1.61. The molecule has 7 heteroatoms. The van der Waals surface area contributed by atoms with Crippen LogP contribution in [0.25, 0.3) is 0 Å². The summed E-state index contributed by atoms with van der Waals surface area (Å²) >= 11 is 6.09. The Morgan fingerprint density at radius 2 is 1.85 bits per heavy atom. The van der Waals surface area contributed by atoms with Crippen molar-refractivity contribution in [2.24, 2.45) is 0 Å². The number of halogens is 1. The average Bonchev–Trinajstić information content (AvgIpc) is 2.69. The Hall–Kier alpha value is -3.12. The van der Waals surface area contributed by atoms with Crippen molar-refractivity contribution in [2.75, 3.05) is 12.4 Å². The van der Waals surface area contributed by atoms with Gasteiger partial charge >= 0.3 is 0 Å². The molecular weight excluding hydrogens is 352 g/mol. The van der Waals surface area contributed by atoms with E-state index in [1.807, 2.05) is 42.5 Å². The van der Waals surface area contributed by atoms with Gasteiger partial charge < -0.3 is 15.4 Å². The topological polar surface area (TPSA) is 76.1 Å². The zero-order valence-electron chi connectivity index (χ0n) is 14.1. The highest BCUT2D eigenvalue weighted by Gasteiger charge is 2.08. The van der Waals surface area contributed by atoms with Gasteiger partial charge in [-0.1, -0.05) is 35.9 Å². The fraction of sp³-hybridized carbons (Fsp3) is 0.105. The lowest BCUT2D eigenvalue weighted by atomic mass is 10.2. The predicted octanol–water partition coefficient (Wildman–Crippen LogP) is 3.81. The number of hydrogen-bond donors (Lipinski definition) is 2. The Morgan fingerprint density at radius 1 is 1.08 bits per heavy atom. The van der Waals surface area contributed by atoms with E-state index in [1.54, 1.807) is 13.2 Å². The molecule has 26 heavy (non-hydrogen) atoms. The quantitative estimate of drug-likeness (QED) is 0.691. The number of carbonyl (C=O) groups is 1. The van der Waals surface area contributed by atoms with Crippen LogP contribution < -0.4 is 15.4 Å². The molecule has 0 saturated heterocycles. The highest BCUT2D eigenvalue weighted by molar-refractivity contribution is 6.33. The van der Waals surface area contributed by atoms with Gasteiger partial charge in [0.2, 0.25) is 0 Å². The molecule has 132 valence electrons. The SMILES string of the molecule is COc1ccc(CNC(=O)c2cnc(Nc3ccccc3Cl)cn2)cc1. The van der Waals surface area contributed by atoms with Crippen LogP contribution in [0, 0.1) is 0 Å². The molecule has 1 aromatic heterocycles. The number of methoxy groups -OCH3 is 1. The van der Waals surface area contributed by atoms with Crippen LogP contribution in [0.4, 0.5) is 11.5 Å². The number of anilines is 2. The van der Waals surface area contributed by atoms with Crippen molar-refractivity contribution in [3.63, 3.8) is 0 Å². The number of amides is 1. The minimum absolute atomic E-state index is 0.239. The Labute approximate surface area is 156 Å². The summed E-state index contributed by atoms with van der Waals surface area (Å²) in [5.41, 5.74) is 1.92. The van der Waals surface area contributed by atoms with E-state index < -0.39 is 0 Å². The van der Waals surface area contributed by atoms with Gasteiger partial charge in [-0.2, -0.15) is 0 Å². The van der Waals surface area contributed by atoms with E-state index >= 15 is 0 Å². The maximum absolute atomic E-state index is 12.2. The van der Waals surface area contributed by atoms with Crippen LogP contribution in [0.1, 0.15) is 16.1 Å². The highest BCUT2D eigenvalue weighted by Crippen LogP contribution is 2.23. The van der Waals surface area contributed by atoms with Gasteiger partial charge in [0.1, 0.15) is 17.3 Å². The van der Waals surface area contributed by atoms with Crippen molar-refractivity contribution in [1.29, 1.82) is 0 Å². The van der Waals surface area contributed by atoms with Crippen LogP contribution in [-0.4, -0.2) is 23.0 Å². The molecule has 6 nitrogen and oxygen atoms in total. The molecule has 0 aliphatic heterocycles. The largest absolute Gasteiger partial charge is 0.497 e. The van der Waals surface area contributed by atoms with Gasteiger partial charge in [-0.3, -0.25) is 4.79 Å². The second kappa shape index (κ2) is 8.31. The van der Waals surface area contributed by atoms with E-state index in [0.29, 0.717) is 17.4 Å². The second-order valence-corrected chi connectivity index (χ2v) is 5.83. The Bertz CT molecular complexity index is 883. The molecule has 0 aliphatic carbocycles. The van der Waals surface area contributed by atoms with Gasteiger partial charge in [-0.05, 0) is 29.8 Å². The van der Waals surface area contributed by atoms with Crippen LogP contribution in [0.3, 0.4) is 0 Å². The van der Waals surface area contributed by atoms with Crippen LogP contribution in [0.15, 0.2) is 60.9 Å². The molecule has 0 atom stereocenters. The lowest BCUT2D eigenvalue weighted by Gasteiger charge is -2.08. The Kier molecular flexibility index (Phi) is 5.66. The average molecular weight is 369 g/mol. The molecule has 2 aromatic carbocycles.